The van der Waals surface area contributed by atoms with Gasteiger partial charge in [-0.3, -0.25) is 14.6 Å². The summed E-state index contributed by atoms with van der Waals surface area (Å²) in [6.07, 6.45) is 11.1. The van der Waals surface area contributed by atoms with E-state index in [0.29, 0.717) is 17.9 Å². The Kier molecular flexibility index (Phi) is 4.67. The Morgan fingerprint density at radius 1 is 1.19 bits per heavy atom. The molecule has 1 N–H and O–H groups in total. The van der Waals surface area contributed by atoms with Gasteiger partial charge in [-0.25, -0.2) is 4.79 Å². The van der Waals surface area contributed by atoms with Crippen molar-refractivity contribution in [2.45, 2.75) is 26.2 Å². The number of benzene rings is 1. The summed E-state index contributed by atoms with van der Waals surface area (Å²) >= 11 is 0. The fourth-order valence-electron chi connectivity index (χ4n) is 3.71. The molecule has 0 bridgehead atoms. The first kappa shape index (κ1) is 17.3. The van der Waals surface area contributed by atoms with Crippen molar-refractivity contribution in [1.29, 1.82) is 0 Å². The van der Waals surface area contributed by atoms with Gasteiger partial charge < -0.3 is 5.32 Å². The van der Waals surface area contributed by atoms with E-state index in [1.54, 1.807) is 0 Å². The lowest BCUT2D eigenvalue weighted by molar-refractivity contribution is -0.122. The maximum Gasteiger partial charge on any atom is 0.336 e. The number of nitrogens with one attached hydrogen (secondary N) is 1. The summed E-state index contributed by atoms with van der Waals surface area (Å²) in [6, 6.07) is 9.06. The molecule has 1 aliphatic carbocycles. The Morgan fingerprint density at radius 3 is 2.78 bits per heavy atom. The highest BCUT2D eigenvalue weighted by Crippen LogP contribution is 2.31. The van der Waals surface area contributed by atoms with E-state index in [1.165, 1.54) is 21.1 Å². The molecule has 5 heteroatoms. The lowest BCUT2D eigenvalue weighted by Crippen LogP contribution is -2.32. The number of amides is 3. The van der Waals surface area contributed by atoms with Gasteiger partial charge in [-0.15, -0.1) is 0 Å². The number of nitrogens with zero attached hydrogens (tertiary/aromatic N) is 2. The number of likely N-dealkylation sites (N-methyl/N-ethyl adjacent to an activating group) is 1. The minimum atomic E-state index is -0.288. The Balaban J connectivity index is 1.76. The first-order valence-corrected chi connectivity index (χ1v) is 9.46. The molecule has 3 amide bonds. The third-order valence-electron chi connectivity index (χ3n) is 5.06. The fraction of sp³-hybridized carbons (Fsp3) is 0.273. The summed E-state index contributed by atoms with van der Waals surface area (Å²) in [5.74, 6) is -0.239. The van der Waals surface area contributed by atoms with Gasteiger partial charge in [0.05, 0.1) is 5.69 Å². The molecule has 0 atom stereocenters. The van der Waals surface area contributed by atoms with Crippen LogP contribution < -0.4 is 10.2 Å². The van der Waals surface area contributed by atoms with Crippen molar-refractivity contribution in [2.75, 3.05) is 18.0 Å². The van der Waals surface area contributed by atoms with E-state index in [1.807, 2.05) is 43.3 Å². The van der Waals surface area contributed by atoms with Crippen LogP contribution >= 0.6 is 0 Å². The predicted molar refractivity (Wildman–Crippen MR) is 106 cm³/mol. The number of urea groups is 1. The summed E-state index contributed by atoms with van der Waals surface area (Å²) in [7, 11) is 0. The Bertz CT molecular complexity index is 893. The zero-order valence-corrected chi connectivity index (χ0v) is 15.4. The molecule has 1 aromatic carbocycles. The standard InChI is InChI=1S/C22H23N3O2/c1-2-24-21(26)20(25(22(24)27)18-10-4-3-5-11-18)15-16-8-6-12-19-17(14-16)9-7-13-23-19/h3-6,10-12,14-15,23H,2,7-9,13H2,1H3/b20-15+. The zero-order valence-electron chi connectivity index (χ0n) is 15.4. The molecule has 1 saturated heterocycles. The van der Waals surface area contributed by atoms with E-state index in [-0.39, 0.29) is 11.9 Å². The second-order valence-electron chi connectivity index (χ2n) is 6.83. The third-order valence-corrected chi connectivity index (χ3v) is 5.06. The lowest BCUT2D eigenvalue weighted by Gasteiger charge is -2.18. The highest BCUT2D eigenvalue weighted by atomic mass is 16.2. The normalized spacial score (nSPS) is 21.4. The van der Waals surface area contributed by atoms with Crippen LogP contribution in [0.15, 0.2) is 77.2 Å². The molecule has 27 heavy (non-hydrogen) atoms. The highest BCUT2D eigenvalue weighted by molar-refractivity contribution is 6.21. The van der Waals surface area contributed by atoms with Gasteiger partial charge >= 0.3 is 6.03 Å². The molecule has 138 valence electrons. The van der Waals surface area contributed by atoms with Crippen molar-refractivity contribution in [2.24, 2.45) is 0 Å². The smallest absolute Gasteiger partial charge is 0.336 e. The Hall–Kier alpha value is -3.08. The second-order valence-corrected chi connectivity index (χ2v) is 6.83. The monoisotopic (exact) mass is 361 g/mol. The van der Waals surface area contributed by atoms with Crippen LogP contribution in [0.5, 0.6) is 0 Å². The largest absolute Gasteiger partial charge is 0.385 e. The average Bonchev–Trinajstić information content (AvgIpc) is 2.83. The molecule has 0 aromatic heterocycles. The van der Waals surface area contributed by atoms with Gasteiger partial charge in [0.25, 0.3) is 5.91 Å². The third kappa shape index (κ3) is 3.21. The van der Waals surface area contributed by atoms with Gasteiger partial charge in [-0.2, -0.15) is 0 Å². The van der Waals surface area contributed by atoms with E-state index in [0.717, 1.165) is 31.4 Å². The van der Waals surface area contributed by atoms with Crippen LogP contribution in [0.2, 0.25) is 0 Å². The van der Waals surface area contributed by atoms with Crippen molar-refractivity contribution in [3.63, 3.8) is 0 Å². The topological polar surface area (TPSA) is 52.7 Å². The lowest BCUT2D eigenvalue weighted by atomic mass is 10.0. The van der Waals surface area contributed by atoms with E-state index in [2.05, 4.69) is 23.5 Å². The number of allylic oxidation sites excluding steroid dienone is 6. The minimum absolute atomic E-state index is 0.239. The summed E-state index contributed by atoms with van der Waals surface area (Å²) in [6.45, 7) is 3.17. The fourth-order valence-corrected chi connectivity index (χ4v) is 3.71. The number of hydrogen-bond donors (Lipinski definition) is 1. The highest BCUT2D eigenvalue weighted by Gasteiger charge is 2.41. The van der Waals surface area contributed by atoms with Gasteiger partial charge in [0.1, 0.15) is 5.70 Å². The van der Waals surface area contributed by atoms with Crippen LogP contribution in [-0.2, 0) is 4.79 Å². The first-order chi connectivity index (χ1) is 13.2. The predicted octanol–water partition coefficient (Wildman–Crippen LogP) is 3.88. The van der Waals surface area contributed by atoms with Gasteiger partial charge in [-0.1, -0.05) is 30.4 Å². The molecule has 0 radical (unpaired) electrons. The zero-order chi connectivity index (χ0) is 18.8. The SMILES string of the molecule is CCN1C(=O)/C(=C\C2=CC3=C(C=CC2)NCCC3)N(c2ccccc2)C1=O. The summed E-state index contributed by atoms with van der Waals surface area (Å²) in [5.41, 5.74) is 4.59. The number of anilines is 1. The molecule has 3 aliphatic rings. The van der Waals surface area contributed by atoms with E-state index in [9.17, 15) is 9.59 Å². The van der Waals surface area contributed by atoms with E-state index < -0.39 is 0 Å². The quantitative estimate of drug-likeness (QED) is 0.657. The van der Waals surface area contributed by atoms with Crippen LogP contribution in [0.1, 0.15) is 26.2 Å². The van der Waals surface area contributed by atoms with Gasteiger partial charge in [-0.05, 0) is 61.6 Å². The summed E-state index contributed by atoms with van der Waals surface area (Å²) in [5, 5.41) is 3.43. The molecule has 5 nitrogen and oxygen atoms in total. The number of rotatable bonds is 3. The molecule has 1 aromatic rings. The van der Waals surface area contributed by atoms with Crippen molar-refractivity contribution in [3.05, 3.63) is 77.2 Å². The number of hydrogen-bond acceptors (Lipinski definition) is 3. The summed E-state index contributed by atoms with van der Waals surface area (Å²) < 4.78 is 0. The first-order valence-electron chi connectivity index (χ1n) is 9.46. The maximum atomic E-state index is 12.9. The molecule has 2 heterocycles. The van der Waals surface area contributed by atoms with Crippen molar-refractivity contribution in [3.8, 4) is 0 Å². The van der Waals surface area contributed by atoms with Crippen molar-refractivity contribution >= 4 is 17.6 Å². The molecule has 1 fully saturated rings. The minimum Gasteiger partial charge on any atom is -0.385 e. The number of para-hydroxylation sites is 1. The Morgan fingerprint density at radius 2 is 2.00 bits per heavy atom. The van der Waals surface area contributed by atoms with Crippen molar-refractivity contribution < 1.29 is 9.59 Å². The molecule has 2 aliphatic heterocycles. The van der Waals surface area contributed by atoms with Crippen LogP contribution in [0.4, 0.5) is 10.5 Å². The van der Waals surface area contributed by atoms with Crippen LogP contribution in [-0.4, -0.2) is 29.9 Å². The average molecular weight is 361 g/mol. The molecule has 0 spiro atoms. The molecule has 4 rings (SSSR count). The molecular formula is C22H23N3O2. The van der Waals surface area contributed by atoms with Crippen LogP contribution in [0, 0.1) is 0 Å². The Labute approximate surface area is 159 Å². The van der Waals surface area contributed by atoms with Gasteiger partial charge in [0.2, 0.25) is 0 Å². The van der Waals surface area contributed by atoms with E-state index in [4.69, 9.17) is 0 Å². The molecular weight excluding hydrogens is 338 g/mol. The van der Waals surface area contributed by atoms with E-state index >= 15 is 0 Å². The van der Waals surface area contributed by atoms with Crippen molar-refractivity contribution in [1.82, 2.24) is 10.2 Å². The molecule has 0 saturated carbocycles. The number of carbonyl (C=O) groups excluding carboxylic acids is 2. The van der Waals surface area contributed by atoms with Crippen LogP contribution in [0.25, 0.3) is 0 Å². The maximum absolute atomic E-state index is 12.9. The van der Waals surface area contributed by atoms with Crippen LogP contribution in [0.3, 0.4) is 0 Å². The van der Waals surface area contributed by atoms with Gasteiger partial charge in [0, 0.05) is 18.8 Å². The number of carbonyl (C=O) groups is 2. The van der Waals surface area contributed by atoms with Gasteiger partial charge in [0.15, 0.2) is 0 Å². The molecule has 0 unspecified atom stereocenters. The summed E-state index contributed by atoms with van der Waals surface area (Å²) in [4.78, 5) is 28.5. The second kappa shape index (κ2) is 7.27. The number of imide groups is 1.